The van der Waals surface area contributed by atoms with Gasteiger partial charge in [-0.15, -0.1) is 0 Å². The van der Waals surface area contributed by atoms with Crippen LogP contribution in [0.4, 0.5) is 0 Å². The Morgan fingerprint density at radius 1 is 1.10 bits per heavy atom. The second-order valence-electron chi connectivity index (χ2n) is 5.08. The minimum atomic E-state index is -0.0925. The summed E-state index contributed by atoms with van der Waals surface area (Å²) in [7, 11) is 0. The molecule has 0 radical (unpaired) electrons. The van der Waals surface area contributed by atoms with Crippen molar-refractivity contribution in [2.75, 3.05) is 6.54 Å². The Balaban J connectivity index is 2.01. The zero-order valence-electron chi connectivity index (χ0n) is 11.3. The van der Waals surface area contributed by atoms with Crippen LogP contribution in [0.25, 0.3) is 0 Å². The van der Waals surface area contributed by atoms with E-state index < -0.39 is 0 Å². The molecule has 0 fully saturated rings. The van der Waals surface area contributed by atoms with E-state index in [1.165, 1.54) is 0 Å². The minimum Gasteiger partial charge on any atom is -0.352 e. The van der Waals surface area contributed by atoms with Gasteiger partial charge in [0.15, 0.2) is 5.78 Å². The Bertz CT molecular complexity index is 704. The van der Waals surface area contributed by atoms with Crippen LogP contribution in [0.5, 0.6) is 0 Å². The van der Waals surface area contributed by atoms with Crippen LogP contribution in [0.3, 0.4) is 0 Å². The van der Waals surface area contributed by atoms with Gasteiger partial charge in [-0.1, -0.05) is 35.9 Å². The molecule has 20 heavy (non-hydrogen) atoms. The molecule has 0 aliphatic carbocycles. The molecule has 100 valence electrons. The standard InChI is InChI=1S/C17H15NO2/c1-11-3-2-4-13(9-11)16(19)14-6-5-12-7-8-18-17(20)15(12)10-14/h2-6,9-10H,7-8H2,1H3,(H,18,20). The lowest BCUT2D eigenvalue weighted by atomic mass is 9.94. The van der Waals surface area contributed by atoms with E-state index in [0.717, 1.165) is 17.5 Å². The van der Waals surface area contributed by atoms with Gasteiger partial charge in [-0.25, -0.2) is 0 Å². The van der Waals surface area contributed by atoms with E-state index in [-0.39, 0.29) is 11.7 Å². The maximum absolute atomic E-state index is 12.5. The quantitative estimate of drug-likeness (QED) is 0.848. The molecule has 1 aliphatic heterocycles. The van der Waals surface area contributed by atoms with Crippen LogP contribution >= 0.6 is 0 Å². The van der Waals surface area contributed by atoms with Gasteiger partial charge >= 0.3 is 0 Å². The zero-order valence-corrected chi connectivity index (χ0v) is 11.3. The number of ketones is 1. The second kappa shape index (κ2) is 4.93. The summed E-state index contributed by atoms with van der Waals surface area (Å²) in [5.74, 6) is -0.139. The fourth-order valence-corrected chi connectivity index (χ4v) is 2.51. The van der Waals surface area contributed by atoms with Crippen LogP contribution in [0.2, 0.25) is 0 Å². The van der Waals surface area contributed by atoms with Gasteiger partial charge in [-0.3, -0.25) is 9.59 Å². The molecular weight excluding hydrogens is 250 g/mol. The maximum atomic E-state index is 12.5. The average molecular weight is 265 g/mol. The number of carbonyl (C=O) groups is 2. The van der Waals surface area contributed by atoms with Gasteiger partial charge < -0.3 is 5.32 Å². The summed E-state index contributed by atoms with van der Waals surface area (Å²) in [6.45, 7) is 2.62. The van der Waals surface area contributed by atoms with Gasteiger partial charge in [0.25, 0.3) is 5.91 Å². The van der Waals surface area contributed by atoms with Crippen molar-refractivity contribution in [1.82, 2.24) is 5.32 Å². The highest BCUT2D eigenvalue weighted by molar-refractivity contribution is 6.10. The number of aryl methyl sites for hydroxylation is 1. The number of amides is 1. The molecule has 1 heterocycles. The molecule has 0 bridgehead atoms. The van der Waals surface area contributed by atoms with Crippen LogP contribution in [0, 0.1) is 6.92 Å². The Labute approximate surface area is 117 Å². The molecule has 0 saturated heterocycles. The molecule has 0 saturated carbocycles. The first-order valence-electron chi connectivity index (χ1n) is 6.67. The predicted molar refractivity (Wildman–Crippen MR) is 77.1 cm³/mol. The van der Waals surface area contributed by atoms with E-state index in [2.05, 4.69) is 5.32 Å². The molecule has 1 aliphatic rings. The molecule has 1 amide bonds. The first-order valence-corrected chi connectivity index (χ1v) is 6.67. The average Bonchev–Trinajstić information content (AvgIpc) is 2.47. The van der Waals surface area contributed by atoms with Gasteiger partial charge in [-0.05, 0) is 31.0 Å². The van der Waals surface area contributed by atoms with Crippen molar-refractivity contribution in [1.29, 1.82) is 0 Å². The molecule has 3 heteroatoms. The van der Waals surface area contributed by atoms with Crippen molar-refractivity contribution in [3.05, 3.63) is 70.3 Å². The van der Waals surface area contributed by atoms with Crippen molar-refractivity contribution in [3.8, 4) is 0 Å². The monoisotopic (exact) mass is 265 g/mol. The molecule has 3 rings (SSSR count). The molecular formula is C17H15NO2. The van der Waals surface area contributed by atoms with Crippen molar-refractivity contribution in [2.24, 2.45) is 0 Å². The topological polar surface area (TPSA) is 46.2 Å². The summed E-state index contributed by atoms with van der Waals surface area (Å²) < 4.78 is 0. The number of hydrogen-bond donors (Lipinski definition) is 1. The predicted octanol–water partition coefficient (Wildman–Crippen LogP) is 2.51. The Kier molecular flexibility index (Phi) is 3.11. The van der Waals surface area contributed by atoms with Crippen LogP contribution in [-0.4, -0.2) is 18.2 Å². The molecule has 1 N–H and O–H groups in total. The summed E-state index contributed by atoms with van der Waals surface area (Å²) in [5.41, 5.74) is 3.89. The fraction of sp³-hybridized carbons (Fsp3) is 0.176. The van der Waals surface area contributed by atoms with Crippen molar-refractivity contribution in [3.63, 3.8) is 0 Å². The van der Waals surface area contributed by atoms with Gasteiger partial charge in [0.05, 0.1) is 0 Å². The van der Waals surface area contributed by atoms with Crippen molar-refractivity contribution in [2.45, 2.75) is 13.3 Å². The summed E-state index contributed by atoms with van der Waals surface area (Å²) in [4.78, 5) is 24.3. The van der Waals surface area contributed by atoms with E-state index >= 15 is 0 Å². The van der Waals surface area contributed by atoms with E-state index in [0.29, 0.717) is 23.2 Å². The maximum Gasteiger partial charge on any atom is 0.251 e. The molecule has 0 atom stereocenters. The van der Waals surface area contributed by atoms with E-state index in [1.807, 2.05) is 37.3 Å². The highest BCUT2D eigenvalue weighted by atomic mass is 16.1. The first kappa shape index (κ1) is 12.6. The molecule has 0 spiro atoms. The molecule has 0 unspecified atom stereocenters. The normalized spacial score (nSPS) is 13.6. The third kappa shape index (κ3) is 2.23. The van der Waals surface area contributed by atoms with Crippen LogP contribution in [-0.2, 0) is 6.42 Å². The summed E-state index contributed by atoms with van der Waals surface area (Å²) in [6, 6.07) is 12.9. The van der Waals surface area contributed by atoms with E-state index in [1.54, 1.807) is 12.1 Å². The lowest BCUT2D eigenvalue weighted by Gasteiger charge is -2.16. The summed E-state index contributed by atoms with van der Waals surface area (Å²) >= 11 is 0. The number of benzene rings is 2. The van der Waals surface area contributed by atoms with Gasteiger partial charge in [-0.2, -0.15) is 0 Å². The minimum absolute atomic E-state index is 0.0464. The molecule has 3 nitrogen and oxygen atoms in total. The number of fused-ring (bicyclic) bond motifs is 1. The number of carbonyl (C=O) groups excluding carboxylic acids is 2. The second-order valence-corrected chi connectivity index (χ2v) is 5.08. The molecule has 2 aromatic carbocycles. The number of hydrogen-bond acceptors (Lipinski definition) is 2. The lowest BCUT2D eigenvalue weighted by Crippen LogP contribution is -2.32. The van der Waals surface area contributed by atoms with Crippen molar-refractivity contribution >= 4 is 11.7 Å². The van der Waals surface area contributed by atoms with E-state index in [4.69, 9.17) is 0 Å². The molecule has 2 aromatic rings. The van der Waals surface area contributed by atoms with Crippen molar-refractivity contribution < 1.29 is 9.59 Å². The zero-order chi connectivity index (χ0) is 14.1. The van der Waals surface area contributed by atoms with Crippen LogP contribution < -0.4 is 5.32 Å². The van der Waals surface area contributed by atoms with Gasteiger partial charge in [0, 0.05) is 23.2 Å². The van der Waals surface area contributed by atoms with Crippen LogP contribution in [0.1, 0.15) is 37.4 Å². The Morgan fingerprint density at radius 2 is 1.90 bits per heavy atom. The number of rotatable bonds is 2. The highest BCUT2D eigenvalue weighted by Crippen LogP contribution is 2.18. The smallest absolute Gasteiger partial charge is 0.251 e. The third-order valence-electron chi connectivity index (χ3n) is 3.58. The Morgan fingerprint density at radius 3 is 2.70 bits per heavy atom. The SMILES string of the molecule is Cc1cccc(C(=O)c2ccc3c(c2)C(=O)NCC3)c1. The number of nitrogens with one attached hydrogen (secondary N) is 1. The van der Waals surface area contributed by atoms with E-state index in [9.17, 15) is 9.59 Å². The molecule has 0 aromatic heterocycles. The summed E-state index contributed by atoms with van der Waals surface area (Å²) in [5, 5.41) is 2.80. The first-order chi connectivity index (χ1) is 9.65. The Hall–Kier alpha value is -2.42. The third-order valence-corrected chi connectivity index (χ3v) is 3.58. The highest BCUT2D eigenvalue weighted by Gasteiger charge is 2.19. The largest absolute Gasteiger partial charge is 0.352 e. The van der Waals surface area contributed by atoms with Gasteiger partial charge in [0.1, 0.15) is 0 Å². The summed E-state index contributed by atoms with van der Waals surface area (Å²) in [6.07, 6.45) is 0.819. The lowest BCUT2D eigenvalue weighted by molar-refractivity contribution is 0.0946. The van der Waals surface area contributed by atoms with Gasteiger partial charge in [0.2, 0.25) is 0 Å². The van der Waals surface area contributed by atoms with Crippen LogP contribution in [0.15, 0.2) is 42.5 Å². The fourth-order valence-electron chi connectivity index (χ4n) is 2.51.